The lowest BCUT2D eigenvalue weighted by Gasteiger charge is -2.03. The molecule has 0 bridgehead atoms. The van der Waals surface area contributed by atoms with Crippen LogP contribution in [0.2, 0.25) is 8.67 Å². The highest BCUT2D eigenvalue weighted by Crippen LogP contribution is 2.31. The summed E-state index contributed by atoms with van der Waals surface area (Å²) in [6.45, 7) is 0. The average molecular weight is 288 g/mol. The molecule has 0 aliphatic heterocycles. The van der Waals surface area contributed by atoms with Gasteiger partial charge >= 0.3 is 0 Å². The van der Waals surface area contributed by atoms with Crippen LogP contribution in [0, 0.1) is 0 Å². The van der Waals surface area contributed by atoms with Gasteiger partial charge in [0.25, 0.3) is 5.91 Å². The van der Waals surface area contributed by atoms with Crippen LogP contribution >= 0.6 is 34.5 Å². The maximum Gasteiger partial charge on any atom is 0.258 e. The molecule has 1 amide bonds. The maximum atomic E-state index is 11.8. The van der Waals surface area contributed by atoms with E-state index in [0.717, 1.165) is 11.3 Å². The van der Waals surface area contributed by atoms with Gasteiger partial charge in [-0.1, -0.05) is 23.2 Å². The van der Waals surface area contributed by atoms with E-state index in [1.54, 1.807) is 12.1 Å². The predicted molar refractivity (Wildman–Crippen MR) is 70.9 cm³/mol. The molecule has 0 aromatic carbocycles. The first-order chi connectivity index (χ1) is 8.06. The van der Waals surface area contributed by atoms with Crippen LogP contribution in [0.3, 0.4) is 0 Å². The van der Waals surface area contributed by atoms with Gasteiger partial charge in [0, 0.05) is 0 Å². The Kier molecular flexibility index (Phi) is 3.51. The highest BCUT2D eigenvalue weighted by Gasteiger charge is 2.14. The minimum atomic E-state index is -0.329. The van der Waals surface area contributed by atoms with Crippen molar-refractivity contribution in [2.45, 2.75) is 0 Å². The largest absolute Gasteiger partial charge is 0.384 e. The van der Waals surface area contributed by atoms with Gasteiger partial charge < -0.3 is 11.1 Å². The third-order valence-corrected chi connectivity index (χ3v) is 3.43. The minimum absolute atomic E-state index is 0.329. The van der Waals surface area contributed by atoms with Crippen molar-refractivity contribution in [1.82, 2.24) is 4.98 Å². The van der Waals surface area contributed by atoms with E-state index in [9.17, 15) is 4.79 Å². The van der Waals surface area contributed by atoms with Crippen LogP contribution in [0.5, 0.6) is 0 Å². The number of nitrogens with one attached hydrogen (secondary N) is 1. The number of amides is 1. The number of pyridine rings is 1. The smallest absolute Gasteiger partial charge is 0.258 e. The summed E-state index contributed by atoms with van der Waals surface area (Å²) in [6.07, 6.45) is 1.47. The van der Waals surface area contributed by atoms with Crippen molar-refractivity contribution in [3.8, 4) is 0 Å². The Bertz CT molecular complexity index is 553. The second kappa shape index (κ2) is 4.91. The Hall–Kier alpha value is -1.30. The van der Waals surface area contributed by atoms with Crippen molar-refractivity contribution in [3.05, 3.63) is 38.6 Å². The number of carbonyl (C=O) groups excluding carboxylic acids is 1. The van der Waals surface area contributed by atoms with Crippen molar-refractivity contribution >= 4 is 52.0 Å². The lowest BCUT2D eigenvalue weighted by Crippen LogP contribution is -2.11. The summed E-state index contributed by atoms with van der Waals surface area (Å²) >= 11 is 12.8. The molecule has 2 aromatic heterocycles. The monoisotopic (exact) mass is 287 g/mol. The molecule has 0 spiro atoms. The van der Waals surface area contributed by atoms with Crippen LogP contribution < -0.4 is 11.1 Å². The summed E-state index contributed by atoms with van der Waals surface area (Å²) in [5.74, 6) is 0.0596. The number of rotatable bonds is 2. The molecular weight excluding hydrogens is 281 g/mol. The van der Waals surface area contributed by atoms with Gasteiger partial charge in [-0.25, -0.2) is 4.98 Å². The first-order valence-corrected chi connectivity index (χ1v) is 6.11. The summed E-state index contributed by atoms with van der Waals surface area (Å²) in [6, 6.07) is 4.77. The lowest BCUT2D eigenvalue weighted by molar-refractivity contribution is 0.102. The molecule has 0 fully saturated rings. The van der Waals surface area contributed by atoms with E-state index in [1.807, 2.05) is 0 Å². The van der Waals surface area contributed by atoms with Crippen molar-refractivity contribution < 1.29 is 4.79 Å². The number of nitrogen functional groups attached to an aromatic ring is 1. The Labute approximate surface area is 111 Å². The van der Waals surface area contributed by atoms with Gasteiger partial charge in [0.15, 0.2) is 0 Å². The SMILES string of the molecule is Nc1ccc(NC(=O)c2cc(Cl)sc2Cl)cn1. The molecule has 17 heavy (non-hydrogen) atoms. The second-order valence-electron chi connectivity index (χ2n) is 3.16. The van der Waals surface area contributed by atoms with Gasteiger partial charge in [-0.05, 0) is 18.2 Å². The zero-order chi connectivity index (χ0) is 12.4. The summed E-state index contributed by atoms with van der Waals surface area (Å²) in [7, 11) is 0. The number of hydrogen-bond donors (Lipinski definition) is 2. The Morgan fingerprint density at radius 1 is 1.41 bits per heavy atom. The van der Waals surface area contributed by atoms with Crippen LogP contribution in [0.1, 0.15) is 10.4 Å². The summed E-state index contributed by atoms with van der Waals surface area (Å²) < 4.78 is 0.825. The van der Waals surface area contributed by atoms with Crippen LogP contribution in [-0.2, 0) is 0 Å². The van der Waals surface area contributed by atoms with E-state index in [1.165, 1.54) is 12.3 Å². The normalized spacial score (nSPS) is 10.2. The molecule has 0 unspecified atom stereocenters. The quantitative estimate of drug-likeness (QED) is 0.891. The van der Waals surface area contributed by atoms with E-state index in [4.69, 9.17) is 28.9 Å². The molecule has 2 rings (SSSR count). The molecule has 7 heteroatoms. The number of anilines is 2. The molecule has 0 aliphatic carbocycles. The fourth-order valence-electron chi connectivity index (χ4n) is 1.17. The van der Waals surface area contributed by atoms with Crippen molar-refractivity contribution in [2.24, 2.45) is 0 Å². The summed E-state index contributed by atoms with van der Waals surface area (Å²) in [4.78, 5) is 15.7. The second-order valence-corrected chi connectivity index (χ2v) is 5.45. The van der Waals surface area contributed by atoms with Gasteiger partial charge in [0.05, 0.1) is 21.8 Å². The fourth-order valence-corrected chi connectivity index (χ4v) is 2.63. The molecular formula is C10H7Cl2N3OS. The third-order valence-electron chi connectivity index (χ3n) is 1.95. The molecule has 0 saturated heterocycles. The van der Waals surface area contributed by atoms with Crippen LogP contribution in [0.25, 0.3) is 0 Å². The number of hydrogen-bond acceptors (Lipinski definition) is 4. The van der Waals surface area contributed by atoms with Gasteiger partial charge in [-0.15, -0.1) is 11.3 Å². The van der Waals surface area contributed by atoms with E-state index in [0.29, 0.717) is 25.7 Å². The number of halogens is 2. The van der Waals surface area contributed by atoms with Gasteiger partial charge in [-0.3, -0.25) is 4.79 Å². The molecule has 2 heterocycles. The molecule has 0 aliphatic rings. The first kappa shape index (κ1) is 12.2. The molecule has 0 radical (unpaired) electrons. The van der Waals surface area contributed by atoms with Crippen LogP contribution in [-0.4, -0.2) is 10.9 Å². The molecule has 4 nitrogen and oxygen atoms in total. The molecule has 0 saturated carbocycles. The number of thiophene rings is 1. The van der Waals surface area contributed by atoms with Crippen LogP contribution in [0.4, 0.5) is 11.5 Å². The molecule has 0 atom stereocenters. The lowest BCUT2D eigenvalue weighted by atomic mass is 10.3. The number of nitrogens with two attached hydrogens (primary N) is 1. The standard InChI is InChI=1S/C10H7Cl2N3OS/c11-7-3-6(9(12)17-7)10(16)15-5-1-2-8(13)14-4-5/h1-4H,(H2,13,14)(H,15,16). The van der Waals surface area contributed by atoms with Crippen molar-refractivity contribution in [3.63, 3.8) is 0 Å². The highest BCUT2D eigenvalue weighted by atomic mass is 35.5. The fraction of sp³-hybridized carbons (Fsp3) is 0. The van der Waals surface area contributed by atoms with E-state index >= 15 is 0 Å². The minimum Gasteiger partial charge on any atom is -0.384 e. The van der Waals surface area contributed by atoms with Crippen molar-refractivity contribution in [1.29, 1.82) is 0 Å². The zero-order valence-corrected chi connectivity index (χ0v) is 10.7. The maximum absolute atomic E-state index is 11.8. The Balaban J connectivity index is 2.17. The summed E-state index contributed by atoms with van der Waals surface area (Å²) in [5, 5.41) is 2.65. The zero-order valence-electron chi connectivity index (χ0n) is 8.41. The topological polar surface area (TPSA) is 68.0 Å². The first-order valence-electron chi connectivity index (χ1n) is 4.54. The molecule has 88 valence electrons. The Morgan fingerprint density at radius 2 is 2.18 bits per heavy atom. The molecule has 3 N–H and O–H groups in total. The van der Waals surface area contributed by atoms with Gasteiger partial charge in [0.2, 0.25) is 0 Å². The number of carbonyl (C=O) groups is 1. The van der Waals surface area contributed by atoms with E-state index in [2.05, 4.69) is 10.3 Å². The Morgan fingerprint density at radius 3 is 2.71 bits per heavy atom. The van der Waals surface area contributed by atoms with E-state index < -0.39 is 0 Å². The van der Waals surface area contributed by atoms with Crippen LogP contribution in [0.15, 0.2) is 24.4 Å². The van der Waals surface area contributed by atoms with Gasteiger partial charge in [0.1, 0.15) is 10.2 Å². The summed E-state index contributed by atoms with van der Waals surface area (Å²) in [5.41, 5.74) is 6.33. The average Bonchev–Trinajstić information content (AvgIpc) is 2.61. The predicted octanol–water partition coefficient (Wildman–Crippen LogP) is 3.28. The third kappa shape index (κ3) is 2.88. The number of nitrogens with zero attached hydrogens (tertiary/aromatic N) is 1. The van der Waals surface area contributed by atoms with Gasteiger partial charge in [-0.2, -0.15) is 0 Å². The molecule has 2 aromatic rings. The highest BCUT2D eigenvalue weighted by molar-refractivity contribution is 7.20. The number of aromatic nitrogens is 1. The van der Waals surface area contributed by atoms with E-state index in [-0.39, 0.29) is 5.91 Å². The van der Waals surface area contributed by atoms with Crippen molar-refractivity contribution in [2.75, 3.05) is 11.1 Å².